The molecule has 0 spiro atoms. The van der Waals surface area contributed by atoms with Crippen molar-refractivity contribution in [3.05, 3.63) is 46.3 Å². The van der Waals surface area contributed by atoms with Crippen LogP contribution in [0, 0.1) is 5.82 Å². The third-order valence-corrected chi connectivity index (χ3v) is 3.97. The summed E-state index contributed by atoms with van der Waals surface area (Å²) in [5.74, 6) is 0.788. The highest BCUT2D eigenvalue weighted by Crippen LogP contribution is 2.29. The third-order valence-electron chi connectivity index (χ3n) is 3.65. The summed E-state index contributed by atoms with van der Waals surface area (Å²) in [6.07, 6.45) is 0. The number of benzene rings is 1. The standard InChI is InChI=1S/C15H15ClFN3O2/c1-8(2)13-18-14(22-19-13)9-6-20(7-9)15(21)11-4-3-10(17)5-12(11)16/h3-5,8-9H,6-7H2,1-2H3. The van der Waals surface area contributed by atoms with Crippen molar-refractivity contribution in [1.82, 2.24) is 15.0 Å². The Morgan fingerprint density at radius 3 is 2.77 bits per heavy atom. The van der Waals surface area contributed by atoms with E-state index in [4.69, 9.17) is 16.1 Å². The number of halogens is 2. The third kappa shape index (κ3) is 2.70. The molecule has 2 aromatic rings. The molecule has 1 fully saturated rings. The molecule has 1 aliphatic rings. The molecule has 5 nitrogen and oxygen atoms in total. The van der Waals surface area contributed by atoms with E-state index in [1.165, 1.54) is 12.1 Å². The smallest absolute Gasteiger partial charge is 0.255 e. The van der Waals surface area contributed by atoms with E-state index < -0.39 is 5.82 Å². The molecule has 1 aromatic carbocycles. The number of aromatic nitrogens is 2. The van der Waals surface area contributed by atoms with Gasteiger partial charge in [-0.2, -0.15) is 4.98 Å². The zero-order chi connectivity index (χ0) is 15.9. The maximum absolute atomic E-state index is 13.0. The molecule has 3 rings (SSSR count). The molecule has 116 valence electrons. The molecular formula is C15H15ClFN3O2. The maximum atomic E-state index is 13.0. The zero-order valence-electron chi connectivity index (χ0n) is 12.2. The van der Waals surface area contributed by atoms with Crippen LogP contribution in [0.25, 0.3) is 0 Å². The molecule has 0 radical (unpaired) electrons. The number of likely N-dealkylation sites (tertiary alicyclic amines) is 1. The average molecular weight is 324 g/mol. The Kier molecular flexibility index (Phi) is 3.87. The number of rotatable bonds is 3. The molecule has 0 unspecified atom stereocenters. The number of nitrogens with zero attached hydrogens (tertiary/aromatic N) is 3. The van der Waals surface area contributed by atoms with Gasteiger partial charge < -0.3 is 9.42 Å². The lowest BCUT2D eigenvalue weighted by atomic mass is 9.98. The van der Waals surface area contributed by atoms with Crippen LogP contribution in [0.1, 0.15) is 47.8 Å². The quantitative estimate of drug-likeness (QED) is 0.870. The summed E-state index contributed by atoms with van der Waals surface area (Å²) in [6, 6.07) is 3.76. The van der Waals surface area contributed by atoms with Gasteiger partial charge in [0.05, 0.1) is 16.5 Å². The fourth-order valence-electron chi connectivity index (χ4n) is 2.28. The average Bonchev–Trinajstić information content (AvgIpc) is 2.86. The van der Waals surface area contributed by atoms with Crippen LogP contribution in [-0.4, -0.2) is 34.0 Å². The lowest BCUT2D eigenvalue weighted by molar-refractivity contribution is 0.0569. The zero-order valence-corrected chi connectivity index (χ0v) is 13.0. The first-order valence-corrected chi connectivity index (χ1v) is 7.41. The number of hydrogen-bond acceptors (Lipinski definition) is 4. The Labute approximate surface area is 132 Å². The Bertz CT molecular complexity index is 711. The number of amides is 1. The highest BCUT2D eigenvalue weighted by atomic mass is 35.5. The van der Waals surface area contributed by atoms with Gasteiger partial charge in [0.1, 0.15) is 5.82 Å². The second kappa shape index (κ2) is 5.68. The predicted molar refractivity (Wildman–Crippen MR) is 78.4 cm³/mol. The molecule has 1 amide bonds. The van der Waals surface area contributed by atoms with Crippen molar-refractivity contribution in [2.24, 2.45) is 0 Å². The first-order chi connectivity index (χ1) is 10.5. The van der Waals surface area contributed by atoms with Crippen molar-refractivity contribution in [2.75, 3.05) is 13.1 Å². The molecule has 7 heteroatoms. The molecule has 2 heterocycles. The van der Waals surface area contributed by atoms with Crippen molar-refractivity contribution < 1.29 is 13.7 Å². The van der Waals surface area contributed by atoms with E-state index in [9.17, 15) is 9.18 Å². The summed E-state index contributed by atoms with van der Waals surface area (Å²) in [6.45, 7) is 4.96. The van der Waals surface area contributed by atoms with Gasteiger partial charge >= 0.3 is 0 Å². The molecule has 22 heavy (non-hydrogen) atoms. The summed E-state index contributed by atoms with van der Waals surface area (Å²) in [5, 5.41) is 4.04. The van der Waals surface area contributed by atoms with Crippen molar-refractivity contribution in [1.29, 1.82) is 0 Å². The van der Waals surface area contributed by atoms with Gasteiger partial charge in [-0.05, 0) is 18.2 Å². The number of carbonyl (C=O) groups excluding carboxylic acids is 1. The first kappa shape index (κ1) is 15.0. The molecule has 0 atom stereocenters. The van der Waals surface area contributed by atoms with Crippen molar-refractivity contribution in [2.45, 2.75) is 25.7 Å². The summed E-state index contributed by atoms with van der Waals surface area (Å²) in [4.78, 5) is 18.3. The Hall–Kier alpha value is -1.95. The lowest BCUT2D eigenvalue weighted by Gasteiger charge is -2.37. The van der Waals surface area contributed by atoms with Crippen molar-refractivity contribution in [3.63, 3.8) is 0 Å². The topological polar surface area (TPSA) is 59.2 Å². The summed E-state index contributed by atoms with van der Waals surface area (Å²) >= 11 is 5.91. The number of carbonyl (C=O) groups is 1. The molecule has 1 saturated heterocycles. The van der Waals surface area contributed by atoms with E-state index in [0.29, 0.717) is 30.4 Å². The molecule has 1 aliphatic heterocycles. The van der Waals surface area contributed by atoms with Gasteiger partial charge in [0, 0.05) is 19.0 Å². The fraction of sp³-hybridized carbons (Fsp3) is 0.400. The molecular weight excluding hydrogens is 309 g/mol. The first-order valence-electron chi connectivity index (χ1n) is 7.03. The van der Waals surface area contributed by atoms with E-state index in [0.717, 1.165) is 6.07 Å². The summed E-state index contributed by atoms with van der Waals surface area (Å²) in [7, 11) is 0. The largest absolute Gasteiger partial charge is 0.339 e. The van der Waals surface area contributed by atoms with Crippen LogP contribution < -0.4 is 0 Å². The van der Waals surface area contributed by atoms with Crippen LogP contribution in [0.2, 0.25) is 5.02 Å². The van der Waals surface area contributed by atoms with Crippen LogP contribution in [0.15, 0.2) is 22.7 Å². The van der Waals surface area contributed by atoms with Gasteiger partial charge in [-0.3, -0.25) is 4.79 Å². The minimum absolute atomic E-state index is 0.0446. The van der Waals surface area contributed by atoms with E-state index >= 15 is 0 Å². The molecule has 0 saturated carbocycles. The second-order valence-electron chi connectivity index (χ2n) is 5.68. The Morgan fingerprint density at radius 2 is 2.18 bits per heavy atom. The summed E-state index contributed by atoms with van der Waals surface area (Å²) < 4.78 is 18.3. The van der Waals surface area contributed by atoms with Crippen LogP contribution in [0.5, 0.6) is 0 Å². The van der Waals surface area contributed by atoms with Gasteiger partial charge in [-0.25, -0.2) is 4.39 Å². The lowest BCUT2D eigenvalue weighted by Crippen LogP contribution is -2.48. The van der Waals surface area contributed by atoms with E-state index in [-0.39, 0.29) is 22.8 Å². The highest BCUT2D eigenvalue weighted by molar-refractivity contribution is 6.33. The SMILES string of the molecule is CC(C)c1noc(C2CN(C(=O)c3ccc(F)cc3Cl)C2)n1. The number of hydrogen-bond donors (Lipinski definition) is 0. The molecule has 1 aromatic heterocycles. The Balaban J connectivity index is 1.66. The minimum Gasteiger partial charge on any atom is -0.339 e. The van der Waals surface area contributed by atoms with Gasteiger partial charge in [0.2, 0.25) is 5.89 Å². The molecule has 0 aliphatic carbocycles. The second-order valence-corrected chi connectivity index (χ2v) is 6.08. The predicted octanol–water partition coefficient (Wildman–Crippen LogP) is 3.23. The fourth-order valence-corrected chi connectivity index (χ4v) is 2.53. The van der Waals surface area contributed by atoms with Gasteiger partial charge in [0.15, 0.2) is 5.82 Å². The Morgan fingerprint density at radius 1 is 1.45 bits per heavy atom. The van der Waals surface area contributed by atoms with Crippen molar-refractivity contribution in [3.8, 4) is 0 Å². The minimum atomic E-state index is -0.463. The van der Waals surface area contributed by atoms with E-state index in [1.807, 2.05) is 13.8 Å². The van der Waals surface area contributed by atoms with Crippen LogP contribution >= 0.6 is 11.6 Å². The van der Waals surface area contributed by atoms with E-state index in [2.05, 4.69) is 10.1 Å². The van der Waals surface area contributed by atoms with Crippen molar-refractivity contribution >= 4 is 17.5 Å². The normalized spacial score (nSPS) is 15.2. The highest BCUT2D eigenvalue weighted by Gasteiger charge is 2.36. The van der Waals surface area contributed by atoms with Crippen LogP contribution in [-0.2, 0) is 0 Å². The van der Waals surface area contributed by atoms with Gasteiger partial charge in [0.25, 0.3) is 5.91 Å². The van der Waals surface area contributed by atoms with Gasteiger partial charge in [-0.15, -0.1) is 0 Å². The molecule has 0 bridgehead atoms. The van der Waals surface area contributed by atoms with Crippen LogP contribution in [0.3, 0.4) is 0 Å². The maximum Gasteiger partial charge on any atom is 0.255 e. The van der Waals surface area contributed by atoms with Crippen LogP contribution in [0.4, 0.5) is 4.39 Å². The van der Waals surface area contributed by atoms with Gasteiger partial charge in [-0.1, -0.05) is 30.6 Å². The monoisotopic (exact) mass is 323 g/mol. The summed E-state index contributed by atoms with van der Waals surface area (Å²) in [5.41, 5.74) is 0.301. The molecule has 0 N–H and O–H groups in total. The van der Waals surface area contributed by atoms with E-state index in [1.54, 1.807) is 4.90 Å².